The molecular formula is C9H9NO2. The van der Waals surface area contributed by atoms with Crippen LogP contribution in [0.3, 0.4) is 0 Å². The fourth-order valence-corrected chi connectivity index (χ4v) is 1.40. The summed E-state index contributed by atoms with van der Waals surface area (Å²) in [6.45, 7) is 0.835. The average Bonchev–Trinajstić information content (AvgIpc) is 2.48. The quantitative estimate of drug-likeness (QED) is 0.623. The predicted octanol–water partition coefficient (Wildman–Crippen LogP) is 0.816. The van der Waals surface area contributed by atoms with Gasteiger partial charge in [-0.2, -0.15) is 0 Å². The number of fused-ring (bicyclic) bond motifs is 1. The molecule has 1 aromatic carbocycles. The van der Waals surface area contributed by atoms with Gasteiger partial charge in [-0.15, -0.1) is 0 Å². The molecule has 0 spiro atoms. The van der Waals surface area contributed by atoms with Crippen LogP contribution >= 0.6 is 0 Å². The fourth-order valence-electron chi connectivity index (χ4n) is 1.40. The number of nitrogens with two attached hydrogens (primary N) is 1. The Balaban J connectivity index is 2.58. The van der Waals surface area contributed by atoms with Crippen molar-refractivity contribution in [2.75, 3.05) is 0 Å². The van der Waals surface area contributed by atoms with Crippen LogP contribution in [0.15, 0.2) is 18.2 Å². The summed E-state index contributed by atoms with van der Waals surface area (Å²) in [4.78, 5) is 11.1. The number of hydrogen-bond donors (Lipinski definition) is 1. The van der Waals surface area contributed by atoms with Gasteiger partial charge in [-0.05, 0) is 11.6 Å². The summed E-state index contributed by atoms with van der Waals surface area (Å²) in [6.07, 6.45) is 0. The molecule has 3 nitrogen and oxygen atoms in total. The molecule has 12 heavy (non-hydrogen) atoms. The first-order valence-electron chi connectivity index (χ1n) is 3.81. The zero-order chi connectivity index (χ0) is 8.55. The molecule has 0 aromatic heterocycles. The first-order valence-corrected chi connectivity index (χ1v) is 3.81. The lowest BCUT2D eigenvalue weighted by molar-refractivity contribution is 0.0535. The van der Waals surface area contributed by atoms with Crippen LogP contribution in [0.4, 0.5) is 0 Å². The van der Waals surface area contributed by atoms with Crippen LogP contribution in [0, 0.1) is 0 Å². The molecule has 62 valence electrons. The minimum absolute atomic E-state index is 0.236. The first-order chi connectivity index (χ1) is 5.83. The topological polar surface area (TPSA) is 52.3 Å². The number of carbonyl (C=O) groups is 1. The summed E-state index contributed by atoms with van der Waals surface area (Å²) < 4.78 is 4.87. The zero-order valence-corrected chi connectivity index (χ0v) is 6.54. The Labute approximate surface area is 70.1 Å². The van der Waals surface area contributed by atoms with E-state index in [9.17, 15) is 4.79 Å². The maximum atomic E-state index is 11.1. The molecule has 1 heterocycles. The van der Waals surface area contributed by atoms with Crippen molar-refractivity contribution in [2.24, 2.45) is 5.73 Å². The second-order valence-corrected chi connectivity index (χ2v) is 2.72. The third-order valence-corrected chi connectivity index (χ3v) is 2.06. The van der Waals surface area contributed by atoms with Crippen molar-refractivity contribution in [3.8, 4) is 0 Å². The fraction of sp³-hybridized carbons (Fsp3) is 0.222. The summed E-state index contributed by atoms with van der Waals surface area (Å²) in [7, 11) is 0. The monoisotopic (exact) mass is 163 g/mol. The van der Waals surface area contributed by atoms with Gasteiger partial charge in [0.25, 0.3) is 0 Å². The number of cyclic esters (lactones) is 1. The highest BCUT2D eigenvalue weighted by Gasteiger charge is 2.22. The Bertz CT molecular complexity index is 333. The minimum atomic E-state index is -0.236. The third-order valence-electron chi connectivity index (χ3n) is 2.06. The molecule has 2 N–H and O–H groups in total. The smallest absolute Gasteiger partial charge is 0.338 e. The van der Waals surface area contributed by atoms with E-state index in [1.165, 1.54) is 0 Å². The number of esters is 1. The van der Waals surface area contributed by atoms with Crippen LogP contribution in [0.2, 0.25) is 0 Å². The molecule has 0 saturated carbocycles. The molecule has 0 aliphatic carbocycles. The Morgan fingerprint density at radius 1 is 1.50 bits per heavy atom. The van der Waals surface area contributed by atoms with Crippen LogP contribution in [0.1, 0.15) is 21.5 Å². The lowest BCUT2D eigenvalue weighted by Crippen LogP contribution is -2.01. The Hall–Kier alpha value is -1.35. The van der Waals surface area contributed by atoms with Gasteiger partial charge in [-0.3, -0.25) is 0 Å². The third kappa shape index (κ3) is 0.905. The van der Waals surface area contributed by atoms with Gasteiger partial charge in [0.15, 0.2) is 0 Å². The van der Waals surface area contributed by atoms with Crippen molar-refractivity contribution in [2.45, 2.75) is 13.2 Å². The molecule has 0 amide bonds. The molecule has 0 saturated heterocycles. The molecular weight excluding hydrogens is 154 g/mol. The van der Waals surface area contributed by atoms with E-state index < -0.39 is 0 Å². The van der Waals surface area contributed by atoms with Gasteiger partial charge in [-0.1, -0.05) is 12.1 Å². The van der Waals surface area contributed by atoms with E-state index in [-0.39, 0.29) is 5.97 Å². The van der Waals surface area contributed by atoms with Crippen molar-refractivity contribution in [1.82, 2.24) is 0 Å². The maximum Gasteiger partial charge on any atom is 0.338 e. The molecule has 0 unspecified atom stereocenters. The molecule has 1 aromatic rings. The van der Waals surface area contributed by atoms with E-state index >= 15 is 0 Å². The van der Waals surface area contributed by atoms with Crippen LogP contribution < -0.4 is 5.73 Å². The van der Waals surface area contributed by atoms with Crippen molar-refractivity contribution < 1.29 is 9.53 Å². The predicted molar refractivity (Wildman–Crippen MR) is 43.5 cm³/mol. The molecule has 0 atom stereocenters. The zero-order valence-electron chi connectivity index (χ0n) is 6.54. The van der Waals surface area contributed by atoms with Crippen LogP contribution in [-0.2, 0) is 17.9 Å². The second-order valence-electron chi connectivity index (χ2n) is 2.72. The van der Waals surface area contributed by atoms with Gasteiger partial charge in [0.05, 0.1) is 5.56 Å². The lowest BCUT2D eigenvalue weighted by atomic mass is 10.0. The highest BCUT2D eigenvalue weighted by molar-refractivity contribution is 5.93. The highest BCUT2D eigenvalue weighted by Crippen LogP contribution is 2.22. The van der Waals surface area contributed by atoms with E-state index in [2.05, 4.69) is 0 Å². The molecule has 0 bridgehead atoms. The number of benzene rings is 1. The van der Waals surface area contributed by atoms with Crippen LogP contribution in [-0.4, -0.2) is 5.97 Å². The summed E-state index contributed by atoms with van der Waals surface area (Å²) in [6, 6.07) is 5.51. The van der Waals surface area contributed by atoms with Gasteiger partial charge < -0.3 is 10.5 Å². The van der Waals surface area contributed by atoms with Gasteiger partial charge >= 0.3 is 5.97 Å². The average molecular weight is 163 g/mol. The van der Waals surface area contributed by atoms with Crippen molar-refractivity contribution >= 4 is 5.97 Å². The standard InChI is InChI=1S/C9H9NO2/c10-4-6-2-1-3-7-8(6)5-12-9(7)11/h1-3H,4-5,10H2. The normalized spacial score (nSPS) is 14.2. The van der Waals surface area contributed by atoms with Crippen LogP contribution in [0.5, 0.6) is 0 Å². The Morgan fingerprint density at radius 2 is 2.33 bits per heavy atom. The molecule has 3 heteroatoms. The van der Waals surface area contributed by atoms with E-state index in [4.69, 9.17) is 10.5 Å². The Morgan fingerprint density at radius 3 is 3.08 bits per heavy atom. The largest absolute Gasteiger partial charge is 0.457 e. The summed E-state index contributed by atoms with van der Waals surface area (Å²) in [5.74, 6) is -0.236. The molecule has 2 rings (SSSR count). The SMILES string of the molecule is NCc1cccc2c1COC2=O. The van der Waals surface area contributed by atoms with Gasteiger partial charge in [-0.25, -0.2) is 4.79 Å². The summed E-state index contributed by atoms with van der Waals surface area (Å²) >= 11 is 0. The molecule has 0 fully saturated rings. The second kappa shape index (κ2) is 2.60. The van der Waals surface area contributed by atoms with Gasteiger partial charge in [0.1, 0.15) is 6.61 Å². The summed E-state index contributed by atoms with van der Waals surface area (Å²) in [5.41, 5.74) is 8.11. The van der Waals surface area contributed by atoms with Crippen molar-refractivity contribution in [3.63, 3.8) is 0 Å². The van der Waals surface area contributed by atoms with Crippen molar-refractivity contribution in [1.29, 1.82) is 0 Å². The van der Waals surface area contributed by atoms with E-state index in [1.54, 1.807) is 6.07 Å². The maximum absolute atomic E-state index is 11.1. The van der Waals surface area contributed by atoms with Gasteiger partial charge in [0.2, 0.25) is 0 Å². The molecule has 1 aliphatic rings. The van der Waals surface area contributed by atoms with E-state index in [1.807, 2.05) is 12.1 Å². The number of ether oxygens (including phenoxy) is 1. The molecule has 0 radical (unpaired) electrons. The number of rotatable bonds is 1. The van der Waals surface area contributed by atoms with E-state index in [0.29, 0.717) is 18.7 Å². The number of carbonyl (C=O) groups excluding carboxylic acids is 1. The van der Waals surface area contributed by atoms with E-state index in [0.717, 1.165) is 11.1 Å². The number of hydrogen-bond acceptors (Lipinski definition) is 3. The van der Waals surface area contributed by atoms with Crippen LogP contribution in [0.25, 0.3) is 0 Å². The van der Waals surface area contributed by atoms with Gasteiger partial charge in [0, 0.05) is 12.1 Å². The lowest BCUT2D eigenvalue weighted by Gasteiger charge is -2.00. The highest BCUT2D eigenvalue weighted by atomic mass is 16.5. The minimum Gasteiger partial charge on any atom is -0.457 e. The Kier molecular flexibility index (Phi) is 1.59. The first kappa shape index (κ1) is 7.31. The molecule has 1 aliphatic heterocycles. The van der Waals surface area contributed by atoms with Crippen molar-refractivity contribution in [3.05, 3.63) is 34.9 Å². The summed E-state index contributed by atoms with van der Waals surface area (Å²) in [5, 5.41) is 0.